The van der Waals surface area contributed by atoms with Crippen LogP contribution in [0.4, 0.5) is 0 Å². The number of fused-ring (bicyclic) bond motifs is 1. The number of carbonyl (C=O) groups is 1. The fourth-order valence-electron chi connectivity index (χ4n) is 3.87. The minimum Gasteiger partial charge on any atom is -0.391 e. The third kappa shape index (κ3) is 2.99. The molecule has 5 nitrogen and oxygen atoms in total. The van der Waals surface area contributed by atoms with Crippen molar-refractivity contribution < 1.29 is 9.90 Å². The van der Waals surface area contributed by atoms with Crippen molar-refractivity contribution in [2.45, 2.75) is 31.9 Å². The average molecular weight is 349 g/mol. The predicted octanol–water partition coefficient (Wildman–Crippen LogP) is 3.05. The van der Waals surface area contributed by atoms with E-state index in [1.807, 2.05) is 19.1 Å². The first-order valence-corrected chi connectivity index (χ1v) is 9.15. The minimum absolute atomic E-state index is 0.0552. The molecule has 0 saturated carbocycles. The van der Waals surface area contributed by atoms with E-state index in [2.05, 4.69) is 35.4 Å². The summed E-state index contributed by atoms with van der Waals surface area (Å²) in [5.41, 5.74) is 1.73. The van der Waals surface area contributed by atoms with Crippen LogP contribution in [0.5, 0.6) is 0 Å². The Balaban J connectivity index is 1.51. The molecule has 0 bridgehead atoms. The fourth-order valence-corrected chi connectivity index (χ4v) is 3.87. The van der Waals surface area contributed by atoms with Gasteiger partial charge in [-0.15, -0.1) is 0 Å². The van der Waals surface area contributed by atoms with Gasteiger partial charge in [-0.3, -0.25) is 9.48 Å². The van der Waals surface area contributed by atoms with Crippen LogP contribution in [0, 0.1) is 0 Å². The summed E-state index contributed by atoms with van der Waals surface area (Å²) in [6.45, 7) is 3.61. The van der Waals surface area contributed by atoms with Crippen LogP contribution in [0.2, 0.25) is 0 Å². The van der Waals surface area contributed by atoms with E-state index < -0.39 is 6.10 Å². The summed E-state index contributed by atoms with van der Waals surface area (Å²) in [6, 6.07) is 16.3. The number of carbonyl (C=O) groups excluding carboxylic acids is 1. The average Bonchev–Trinajstić information content (AvgIpc) is 3.15. The van der Waals surface area contributed by atoms with Crippen LogP contribution in [0.3, 0.4) is 0 Å². The van der Waals surface area contributed by atoms with E-state index in [1.54, 1.807) is 21.8 Å². The maximum absolute atomic E-state index is 12.8. The molecule has 5 heteroatoms. The molecule has 2 aromatic carbocycles. The van der Waals surface area contributed by atoms with Gasteiger partial charge in [0.15, 0.2) is 0 Å². The lowest BCUT2D eigenvalue weighted by molar-refractivity contribution is 0.0373. The van der Waals surface area contributed by atoms with Crippen molar-refractivity contribution in [3.05, 3.63) is 66.0 Å². The Morgan fingerprint density at radius 3 is 2.77 bits per heavy atom. The molecule has 3 aromatic rings. The number of rotatable bonds is 3. The Morgan fingerprint density at radius 1 is 1.19 bits per heavy atom. The number of benzene rings is 2. The first-order chi connectivity index (χ1) is 12.7. The molecule has 0 radical (unpaired) electrons. The van der Waals surface area contributed by atoms with Crippen molar-refractivity contribution in [1.29, 1.82) is 0 Å². The lowest BCUT2D eigenvalue weighted by Crippen LogP contribution is -2.46. The van der Waals surface area contributed by atoms with Crippen molar-refractivity contribution in [2.75, 3.05) is 13.1 Å². The van der Waals surface area contributed by atoms with Gasteiger partial charge in [0.05, 0.1) is 6.10 Å². The summed E-state index contributed by atoms with van der Waals surface area (Å²) in [6.07, 6.45) is 1.84. The monoisotopic (exact) mass is 349 g/mol. The van der Waals surface area contributed by atoms with Gasteiger partial charge in [-0.25, -0.2) is 0 Å². The van der Waals surface area contributed by atoms with Crippen molar-refractivity contribution >= 4 is 16.7 Å². The summed E-state index contributed by atoms with van der Waals surface area (Å²) in [7, 11) is 0. The quantitative estimate of drug-likeness (QED) is 0.791. The second-order valence-corrected chi connectivity index (χ2v) is 6.85. The highest BCUT2D eigenvalue weighted by atomic mass is 16.3. The summed E-state index contributed by atoms with van der Waals surface area (Å²) in [5.74, 6) is 0.0000958. The molecule has 2 heterocycles. The van der Waals surface area contributed by atoms with Gasteiger partial charge < -0.3 is 10.0 Å². The van der Waals surface area contributed by atoms with Gasteiger partial charge in [-0.05, 0) is 35.7 Å². The molecule has 2 atom stereocenters. The fraction of sp³-hybridized carbons (Fsp3) is 0.333. The van der Waals surface area contributed by atoms with Crippen LogP contribution in [0.1, 0.15) is 35.3 Å². The number of hydrogen-bond donors (Lipinski definition) is 1. The van der Waals surface area contributed by atoms with Crippen molar-refractivity contribution in [2.24, 2.45) is 0 Å². The SMILES string of the molecule is CCn1nccc1C(=O)N1CC[C@@H](c2ccc3ccccc3c2)[C@H](O)C1. The molecular formula is C21H23N3O2. The van der Waals surface area contributed by atoms with Crippen LogP contribution < -0.4 is 0 Å². The predicted molar refractivity (Wildman–Crippen MR) is 101 cm³/mol. The lowest BCUT2D eigenvalue weighted by atomic mass is 9.86. The maximum Gasteiger partial charge on any atom is 0.272 e. The number of β-amino-alcohol motifs (C(OH)–C–C–N with tert-alkyl or cyclic N) is 1. The third-order valence-corrected chi connectivity index (χ3v) is 5.31. The molecule has 1 aliphatic rings. The first-order valence-electron chi connectivity index (χ1n) is 9.15. The van der Waals surface area contributed by atoms with E-state index in [9.17, 15) is 9.90 Å². The molecule has 1 N–H and O–H groups in total. The van der Waals surface area contributed by atoms with Gasteiger partial charge >= 0.3 is 0 Å². The van der Waals surface area contributed by atoms with Crippen molar-refractivity contribution in [3.8, 4) is 0 Å². The minimum atomic E-state index is -0.563. The Labute approximate surface area is 152 Å². The zero-order chi connectivity index (χ0) is 18.1. The molecule has 1 aromatic heterocycles. The maximum atomic E-state index is 12.8. The smallest absolute Gasteiger partial charge is 0.272 e. The molecule has 0 unspecified atom stereocenters. The Hall–Kier alpha value is -2.66. The summed E-state index contributed by atoms with van der Waals surface area (Å²) >= 11 is 0. The van der Waals surface area contributed by atoms with Crippen LogP contribution in [-0.2, 0) is 6.54 Å². The molecule has 0 spiro atoms. The Morgan fingerprint density at radius 2 is 2.00 bits per heavy atom. The summed E-state index contributed by atoms with van der Waals surface area (Å²) < 4.78 is 1.70. The third-order valence-electron chi connectivity index (χ3n) is 5.31. The first kappa shape index (κ1) is 16.8. The molecule has 1 aliphatic heterocycles. The van der Waals surface area contributed by atoms with Gasteiger partial charge in [0, 0.05) is 31.7 Å². The number of aryl methyl sites for hydroxylation is 1. The highest BCUT2D eigenvalue weighted by Crippen LogP contribution is 2.31. The molecule has 0 aliphatic carbocycles. The Kier molecular flexibility index (Phi) is 4.47. The van der Waals surface area contributed by atoms with E-state index in [0.29, 0.717) is 25.3 Å². The van der Waals surface area contributed by atoms with Crippen LogP contribution >= 0.6 is 0 Å². The molecule has 4 rings (SSSR count). The second kappa shape index (κ2) is 6.92. The van der Waals surface area contributed by atoms with Gasteiger partial charge in [0.2, 0.25) is 0 Å². The summed E-state index contributed by atoms with van der Waals surface area (Å²) in [4.78, 5) is 14.5. The number of likely N-dealkylation sites (tertiary alicyclic amines) is 1. The van der Waals surface area contributed by atoms with Gasteiger partial charge in [0.1, 0.15) is 5.69 Å². The van der Waals surface area contributed by atoms with Crippen molar-refractivity contribution in [3.63, 3.8) is 0 Å². The Bertz CT molecular complexity index is 934. The number of piperidine rings is 1. The standard InChI is InChI=1S/C21H23N3O2/c1-2-24-19(9-11-22-24)21(26)23-12-10-18(20(25)14-23)17-8-7-15-5-3-4-6-16(15)13-17/h3-9,11,13,18,20,25H,2,10,12,14H2,1H3/t18-,20+/m0/s1. The normalized spacial score (nSPS) is 20.5. The highest BCUT2D eigenvalue weighted by molar-refractivity contribution is 5.92. The number of amides is 1. The number of aliphatic hydroxyl groups is 1. The summed E-state index contributed by atoms with van der Waals surface area (Å²) in [5, 5.41) is 17.3. The topological polar surface area (TPSA) is 58.4 Å². The number of hydrogen-bond acceptors (Lipinski definition) is 3. The van der Waals surface area contributed by atoms with E-state index in [-0.39, 0.29) is 11.8 Å². The van der Waals surface area contributed by atoms with Gasteiger partial charge in [-0.1, -0.05) is 42.5 Å². The molecule has 134 valence electrons. The molecule has 26 heavy (non-hydrogen) atoms. The molecular weight excluding hydrogens is 326 g/mol. The number of aliphatic hydroxyl groups excluding tert-OH is 1. The van der Waals surface area contributed by atoms with E-state index >= 15 is 0 Å². The van der Waals surface area contributed by atoms with Gasteiger partial charge in [0.25, 0.3) is 5.91 Å². The van der Waals surface area contributed by atoms with Crippen LogP contribution in [0.15, 0.2) is 54.7 Å². The second-order valence-electron chi connectivity index (χ2n) is 6.85. The number of nitrogens with zero attached hydrogens (tertiary/aromatic N) is 3. The largest absolute Gasteiger partial charge is 0.391 e. The van der Waals surface area contributed by atoms with E-state index in [4.69, 9.17) is 0 Å². The zero-order valence-corrected chi connectivity index (χ0v) is 14.9. The van der Waals surface area contributed by atoms with Crippen molar-refractivity contribution in [1.82, 2.24) is 14.7 Å². The van der Waals surface area contributed by atoms with Gasteiger partial charge in [-0.2, -0.15) is 5.10 Å². The number of aromatic nitrogens is 2. The highest BCUT2D eigenvalue weighted by Gasteiger charge is 2.32. The van der Waals surface area contributed by atoms with E-state index in [0.717, 1.165) is 12.0 Å². The zero-order valence-electron chi connectivity index (χ0n) is 14.9. The molecule has 1 saturated heterocycles. The van der Waals surface area contributed by atoms with Crippen LogP contribution in [-0.4, -0.2) is 44.9 Å². The molecule has 1 fully saturated rings. The molecule has 1 amide bonds. The van der Waals surface area contributed by atoms with E-state index in [1.165, 1.54) is 10.8 Å². The van der Waals surface area contributed by atoms with Crippen LogP contribution in [0.25, 0.3) is 10.8 Å². The lowest BCUT2D eigenvalue weighted by Gasteiger charge is -2.36.